The Kier molecular flexibility index (Phi) is 7.42. The number of unbranched alkanes of at least 4 members (excludes halogenated alkanes) is 1. The molecule has 2 N–H and O–H groups in total. The Morgan fingerprint density at radius 1 is 1.32 bits per heavy atom. The molecule has 0 radical (unpaired) electrons. The number of halogens is 2. The fourth-order valence-electron chi connectivity index (χ4n) is 2.51. The summed E-state index contributed by atoms with van der Waals surface area (Å²) in [5.74, 6) is 0. The average molecular weight is 474 g/mol. The summed E-state index contributed by atoms with van der Waals surface area (Å²) in [6.07, 6.45) is 0.899. The number of alkyl carbamates (subject to hydrolysis) is 1. The Hall–Kier alpha value is -2.13. The van der Waals surface area contributed by atoms with Crippen molar-refractivity contribution in [3.63, 3.8) is 0 Å². The van der Waals surface area contributed by atoms with Crippen LogP contribution in [0.2, 0.25) is 5.15 Å². The number of amides is 1. The molecule has 2 aromatic rings. The van der Waals surface area contributed by atoms with E-state index < -0.39 is 16.6 Å². The van der Waals surface area contributed by atoms with Crippen molar-refractivity contribution in [3.8, 4) is 0 Å². The lowest BCUT2D eigenvalue weighted by Gasteiger charge is -2.19. The van der Waals surface area contributed by atoms with E-state index in [1.165, 1.54) is 0 Å². The zero-order valence-electron chi connectivity index (χ0n) is 15.8. The monoisotopic (exact) mass is 472 g/mol. The molecule has 0 aliphatic carbocycles. The van der Waals surface area contributed by atoms with Crippen LogP contribution in [0, 0.1) is 10.1 Å². The van der Waals surface area contributed by atoms with Gasteiger partial charge >= 0.3 is 11.8 Å². The van der Waals surface area contributed by atoms with Gasteiger partial charge in [0.15, 0.2) is 0 Å². The van der Waals surface area contributed by atoms with Crippen LogP contribution in [0.15, 0.2) is 22.7 Å². The third-order valence-electron chi connectivity index (χ3n) is 3.63. The number of rotatable bonds is 7. The zero-order valence-corrected chi connectivity index (χ0v) is 18.2. The molecule has 0 spiro atoms. The highest BCUT2D eigenvalue weighted by Gasteiger charge is 2.23. The van der Waals surface area contributed by atoms with Crippen molar-refractivity contribution >= 4 is 55.9 Å². The van der Waals surface area contributed by atoms with Crippen molar-refractivity contribution in [2.45, 2.75) is 39.2 Å². The van der Waals surface area contributed by atoms with E-state index in [1.807, 2.05) is 0 Å². The summed E-state index contributed by atoms with van der Waals surface area (Å²) in [5, 5.41) is 17.7. The molecule has 0 bridgehead atoms. The van der Waals surface area contributed by atoms with Crippen molar-refractivity contribution in [1.82, 2.24) is 10.3 Å². The van der Waals surface area contributed by atoms with Gasteiger partial charge in [0.1, 0.15) is 11.3 Å². The first kappa shape index (κ1) is 22.2. The largest absolute Gasteiger partial charge is 0.444 e. The van der Waals surface area contributed by atoms with Crippen LogP contribution in [0.5, 0.6) is 0 Å². The number of carbonyl (C=O) groups is 1. The second-order valence-electron chi connectivity index (χ2n) is 7.11. The molecule has 2 rings (SSSR count). The summed E-state index contributed by atoms with van der Waals surface area (Å²) in [5.41, 5.74) is 0.106. The summed E-state index contributed by atoms with van der Waals surface area (Å²) in [6.45, 7) is 6.31. The summed E-state index contributed by atoms with van der Waals surface area (Å²) in [4.78, 5) is 26.6. The van der Waals surface area contributed by atoms with Gasteiger partial charge in [0.05, 0.1) is 10.4 Å². The van der Waals surface area contributed by atoms with E-state index in [-0.39, 0.29) is 10.8 Å². The Bertz CT molecular complexity index is 886. The normalized spacial score (nSPS) is 11.3. The first-order valence-electron chi connectivity index (χ1n) is 8.72. The number of nitro groups is 1. The highest BCUT2D eigenvalue weighted by molar-refractivity contribution is 9.10. The summed E-state index contributed by atoms with van der Waals surface area (Å²) in [6, 6.07) is 5.30. The minimum Gasteiger partial charge on any atom is -0.444 e. The van der Waals surface area contributed by atoms with Crippen molar-refractivity contribution in [2.75, 3.05) is 18.4 Å². The number of benzene rings is 1. The number of carbonyl (C=O) groups excluding carboxylic acids is 1. The predicted molar refractivity (Wildman–Crippen MR) is 113 cm³/mol. The average Bonchev–Trinajstić information content (AvgIpc) is 2.56. The zero-order chi connectivity index (χ0) is 20.9. The molecule has 0 unspecified atom stereocenters. The molecule has 1 amide bonds. The van der Waals surface area contributed by atoms with Crippen LogP contribution in [0.25, 0.3) is 10.9 Å². The Labute approximate surface area is 176 Å². The molecule has 1 aromatic carbocycles. The molecule has 0 fully saturated rings. The van der Waals surface area contributed by atoms with Gasteiger partial charge in [-0.3, -0.25) is 10.1 Å². The molecule has 0 saturated heterocycles. The predicted octanol–water partition coefficient (Wildman–Crippen LogP) is 5.28. The maximum Gasteiger partial charge on any atom is 0.407 e. The molecule has 0 aliphatic heterocycles. The smallest absolute Gasteiger partial charge is 0.407 e. The van der Waals surface area contributed by atoms with Crippen molar-refractivity contribution in [2.24, 2.45) is 0 Å². The second kappa shape index (κ2) is 9.38. The maximum atomic E-state index is 11.6. The van der Waals surface area contributed by atoms with Crippen LogP contribution in [0.1, 0.15) is 33.6 Å². The van der Waals surface area contributed by atoms with E-state index in [9.17, 15) is 14.9 Å². The SMILES string of the molecule is CC(C)(C)OC(=O)NCCCCNc1c([N+](=O)[O-])c(Cl)nc2ccc(Br)cc12. The molecule has 0 aliphatic rings. The van der Waals surface area contributed by atoms with Crippen LogP contribution in [-0.2, 0) is 4.74 Å². The molecule has 1 heterocycles. The number of anilines is 1. The van der Waals surface area contributed by atoms with E-state index in [2.05, 4.69) is 31.5 Å². The van der Waals surface area contributed by atoms with Gasteiger partial charge in [0.25, 0.3) is 0 Å². The summed E-state index contributed by atoms with van der Waals surface area (Å²) < 4.78 is 5.94. The third kappa shape index (κ3) is 6.20. The van der Waals surface area contributed by atoms with Crippen LogP contribution in [0.3, 0.4) is 0 Å². The van der Waals surface area contributed by atoms with Gasteiger partial charge in [0, 0.05) is 22.9 Å². The number of aromatic nitrogens is 1. The van der Waals surface area contributed by atoms with Gasteiger partial charge in [-0.05, 0) is 51.8 Å². The second-order valence-corrected chi connectivity index (χ2v) is 8.38. The molecular weight excluding hydrogens is 452 g/mol. The Balaban J connectivity index is 2.00. The Morgan fingerprint density at radius 3 is 2.64 bits per heavy atom. The molecule has 8 nitrogen and oxygen atoms in total. The van der Waals surface area contributed by atoms with Gasteiger partial charge in [0.2, 0.25) is 5.15 Å². The Morgan fingerprint density at radius 2 is 2.00 bits per heavy atom. The van der Waals surface area contributed by atoms with Crippen LogP contribution < -0.4 is 10.6 Å². The van der Waals surface area contributed by atoms with E-state index in [4.69, 9.17) is 16.3 Å². The molecular formula is C18H22BrClN4O4. The first-order chi connectivity index (χ1) is 13.1. The van der Waals surface area contributed by atoms with E-state index in [1.54, 1.807) is 39.0 Å². The van der Waals surface area contributed by atoms with Crippen LogP contribution in [0.4, 0.5) is 16.2 Å². The summed E-state index contributed by atoms with van der Waals surface area (Å²) in [7, 11) is 0. The van der Waals surface area contributed by atoms with Crippen molar-refractivity contribution in [3.05, 3.63) is 37.9 Å². The number of nitrogens with one attached hydrogen (secondary N) is 2. The lowest BCUT2D eigenvalue weighted by atomic mass is 10.1. The lowest BCUT2D eigenvalue weighted by molar-refractivity contribution is -0.384. The third-order valence-corrected chi connectivity index (χ3v) is 4.39. The van der Waals surface area contributed by atoms with E-state index >= 15 is 0 Å². The number of pyridine rings is 1. The first-order valence-corrected chi connectivity index (χ1v) is 9.89. The number of fused-ring (bicyclic) bond motifs is 1. The maximum absolute atomic E-state index is 11.6. The minimum atomic E-state index is -0.541. The summed E-state index contributed by atoms with van der Waals surface area (Å²) >= 11 is 9.40. The van der Waals surface area contributed by atoms with E-state index in [0.717, 1.165) is 4.47 Å². The molecule has 28 heavy (non-hydrogen) atoms. The van der Waals surface area contributed by atoms with Gasteiger partial charge in [-0.2, -0.15) is 0 Å². The van der Waals surface area contributed by atoms with Gasteiger partial charge in [-0.1, -0.05) is 27.5 Å². The van der Waals surface area contributed by atoms with Gasteiger partial charge < -0.3 is 15.4 Å². The fraction of sp³-hybridized carbons (Fsp3) is 0.444. The topological polar surface area (TPSA) is 106 Å². The van der Waals surface area contributed by atoms with Gasteiger partial charge in [-0.25, -0.2) is 9.78 Å². The highest BCUT2D eigenvalue weighted by atomic mass is 79.9. The van der Waals surface area contributed by atoms with Gasteiger partial charge in [-0.15, -0.1) is 0 Å². The number of nitrogens with zero attached hydrogens (tertiary/aromatic N) is 2. The van der Waals surface area contributed by atoms with Crippen LogP contribution >= 0.6 is 27.5 Å². The number of ether oxygens (including phenoxy) is 1. The standard InChI is InChI=1S/C18H22BrClN4O4/c1-18(2,3)28-17(25)22-9-5-4-8-21-14-12-10-11(19)6-7-13(12)23-16(20)15(14)24(26)27/h6-7,10H,4-5,8-9H2,1-3H3,(H,21,23)(H,22,25). The molecule has 0 atom stereocenters. The molecule has 0 saturated carbocycles. The fourth-order valence-corrected chi connectivity index (χ4v) is 3.12. The van der Waals surface area contributed by atoms with Crippen molar-refractivity contribution in [1.29, 1.82) is 0 Å². The number of hydrogen-bond acceptors (Lipinski definition) is 6. The van der Waals surface area contributed by atoms with Crippen LogP contribution in [-0.4, -0.2) is 34.7 Å². The number of hydrogen-bond donors (Lipinski definition) is 2. The quantitative estimate of drug-likeness (QED) is 0.245. The van der Waals surface area contributed by atoms with Crippen molar-refractivity contribution < 1.29 is 14.5 Å². The highest BCUT2D eigenvalue weighted by Crippen LogP contribution is 2.38. The molecule has 1 aromatic heterocycles. The lowest BCUT2D eigenvalue weighted by Crippen LogP contribution is -2.33. The molecule has 152 valence electrons. The molecule has 10 heteroatoms. The minimum absolute atomic E-state index is 0.158. The van der Waals surface area contributed by atoms with E-state index in [0.29, 0.717) is 42.5 Å².